The normalized spacial score (nSPS) is 30.7. The van der Waals surface area contributed by atoms with E-state index in [-0.39, 0.29) is 0 Å². The van der Waals surface area contributed by atoms with Crippen molar-refractivity contribution in [3.8, 4) is 0 Å². The van der Waals surface area contributed by atoms with Gasteiger partial charge < -0.3 is 5.73 Å². The second-order valence-corrected chi connectivity index (χ2v) is 7.74. The highest BCUT2D eigenvalue weighted by atomic mass is 14.7. The molecule has 4 atom stereocenters. The number of hydrogen-bond donors (Lipinski definition) is 1. The van der Waals surface area contributed by atoms with Crippen molar-refractivity contribution in [1.82, 2.24) is 0 Å². The third-order valence-corrected chi connectivity index (χ3v) is 5.94. The average molecular weight is 285 g/mol. The molecule has 0 radical (unpaired) electrons. The number of nitrogens with two attached hydrogens (primary N) is 1. The van der Waals surface area contributed by atoms with Gasteiger partial charge in [0.25, 0.3) is 0 Å². The first-order valence-corrected chi connectivity index (χ1v) is 8.94. The molecule has 0 amide bonds. The summed E-state index contributed by atoms with van der Waals surface area (Å²) in [7, 11) is 0. The average Bonchev–Trinajstić information content (AvgIpc) is 2.45. The molecule has 0 saturated heterocycles. The van der Waals surface area contributed by atoms with E-state index in [4.69, 9.17) is 5.73 Å². The quantitative estimate of drug-likeness (QED) is 0.849. The zero-order valence-corrected chi connectivity index (χ0v) is 13.8. The van der Waals surface area contributed by atoms with E-state index >= 15 is 0 Å². The summed E-state index contributed by atoms with van der Waals surface area (Å²) in [5.41, 5.74) is 10.8. The second-order valence-electron chi connectivity index (χ2n) is 7.74. The van der Waals surface area contributed by atoms with Gasteiger partial charge in [-0.2, -0.15) is 0 Å². The van der Waals surface area contributed by atoms with Gasteiger partial charge in [0, 0.05) is 6.04 Å². The van der Waals surface area contributed by atoms with E-state index in [9.17, 15) is 0 Å². The van der Waals surface area contributed by atoms with Crippen molar-refractivity contribution in [3.05, 3.63) is 34.9 Å². The van der Waals surface area contributed by atoms with Crippen molar-refractivity contribution in [3.63, 3.8) is 0 Å². The van der Waals surface area contributed by atoms with Crippen LogP contribution in [-0.2, 0) is 6.42 Å². The fourth-order valence-electron chi connectivity index (χ4n) is 4.92. The van der Waals surface area contributed by atoms with Crippen molar-refractivity contribution in [2.45, 2.75) is 71.3 Å². The van der Waals surface area contributed by atoms with Gasteiger partial charge in [0.05, 0.1) is 0 Å². The van der Waals surface area contributed by atoms with E-state index < -0.39 is 0 Å². The highest BCUT2D eigenvalue weighted by Gasteiger charge is 2.34. The zero-order valence-electron chi connectivity index (χ0n) is 13.8. The van der Waals surface area contributed by atoms with Gasteiger partial charge in [-0.05, 0) is 62.8 Å². The van der Waals surface area contributed by atoms with E-state index in [0.29, 0.717) is 6.04 Å². The van der Waals surface area contributed by atoms with Crippen LogP contribution in [-0.4, -0.2) is 6.04 Å². The Balaban J connectivity index is 1.61. The fraction of sp³-hybridized carbons (Fsp3) is 0.700. The van der Waals surface area contributed by atoms with Gasteiger partial charge in [0.1, 0.15) is 0 Å². The molecule has 2 N–H and O–H groups in total. The number of rotatable bonds is 3. The number of benzene rings is 1. The molecule has 0 heterocycles. The van der Waals surface area contributed by atoms with E-state index in [1.165, 1.54) is 61.6 Å². The molecule has 0 bridgehead atoms. The lowest BCUT2D eigenvalue weighted by Crippen LogP contribution is -2.38. The van der Waals surface area contributed by atoms with E-state index in [1.807, 2.05) is 0 Å². The Bertz CT molecular complexity index is 458. The number of aryl methyl sites for hydroxylation is 2. The Morgan fingerprint density at radius 3 is 2.33 bits per heavy atom. The third kappa shape index (κ3) is 3.69. The highest BCUT2D eigenvalue weighted by Crippen LogP contribution is 2.43. The van der Waals surface area contributed by atoms with E-state index in [2.05, 4.69) is 32.0 Å². The molecule has 0 aromatic heterocycles. The summed E-state index contributed by atoms with van der Waals surface area (Å²) in [4.78, 5) is 0. The lowest BCUT2D eigenvalue weighted by atomic mass is 9.66. The first kappa shape index (κ1) is 15.1. The lowest BCUT2D eigenvalue weighted by Gasteiger charge is -2.41. The maximum Gasteiger partial charge on any atom is 0.0108 e. The monoisotopic (exact) mass is 285 g/mol. The molecular formula is C20H31N. The first-order chi connectivity index (χ1) is 10.1. The second kappa shape index (κ2) is 6.52. The summed E-state index contributed by atoms with van der Waals surface area (Å²) in [5, 5.41) is 0. The molecular weight excluding hydrogens is 254 g/mol. The van der Waals surface area contributed by atoms with Crippen LogP contribution in [0, 0.1) is 31.6 Å². The molecule has 2 aliphatic rings. The van der Waals surface area contributed by atoms with Crippen LogP contribution in [0.2, 0.25) is 0 Å². The van der Waals surface area contributed by atoms with Gasteiger partial charge in [0.15, 0.2) is 0 Å². The summed E-state index contributed by atoms with van der Waals surface area (Å²) >= 11 is 0. The van der Waals surface area contributed by atoms with Gasteiger partial charge in [-0.1, -0.05) is 55.0 Å². The van der Waals surface area contributed by atoms with E-state index in [0.717, 1.165) is 24.2 Å². The Morgan fingerprint density at radius 2 is 1.62 bits per heavy atom. The molecule has 0 spiro atoms. The van der Waals surface area contributed by atoms with Gasteiger partial charge in [0.2, 0.25) is 0 Å². The van der Waals surface area contributed by atoms with Crippen molar-refractivity contribution in [1.29, 1.82) is 0 Å². The Labute approximate surface area is 130 Å². The van der Waals surface area contributed by atoms with Crippen LogP contribution < -0.4 is 5.73 Å². The topological polar surface area (TPSA) is 26.0 Å². The molecule has 4 unspecified atom stereocenters. The van der Waals surface area contributed by atoms with Gasteiger partial charge in [-0.15, -0.1) is 0 Å². The van der Waals surface area contributed by atoms with Crippen LogP contribution in [0.5, 0.6) is 0 Å². The minimum atomic E-state index is 0.356. The molecule has 21 heavy (non-hydrogen) atoms. The van der Waals surface area contributed by atoms with Crippen molar-refractivity contribution in [2.75, 3.05) is 0 Å². The molecule has 1 nitrogen and oxygen atoms in total. The molecule has 0 aliphatic heterocycles. The number of hydrogen-bond acceptors (Lipinski definition) is 1. The predicted octanol–water partition coefficient (Wildman–Crippen LogP) is 4.78. The molecule has 2 fully saturated rings. The number of fused-ring (bicyclic) bond motifs is 1. The molecule has 1 heteroatoms. The third-order valence-electron chi connectivity index (χ3n) is 5.94. The standard InChI is InChI=1S/C20H31N/c1-14-9-15(2)11-16(10-14)12-20(21)19-8-7-17-5-3-4-6-18(17)13-19/h9-11,17-20H,3-8,12-13,21H2,1-2H3. The minimum Gasteiger partial charge on any atom is -0.327 e. The van der Waals surface area contributed by atoms with Crippen LogP contribution in [0.3, 0.4) is 0 Å². The molecule has 3 rings (SSSR count). The van der Waals surface area contributed by atoms with Crippen LogP contribution in [0.4, 0.5) is 0 Å². The van der Waals surface area contributed by atoms with Crippen LogP contribution in [0.25, 0.3) is 0 Å². The zero-order chi connectivity index (χ0) is 14.8. The summed E-state index contributed by atoms with van der Waals surface area (Å²) in [6, 6.07) is 7.24. The molecule has 1 aromatic carbocycles. The van der Waals surface area contributed by atoms with Gasteiger partial charge >= 0.3 is 0 Å². The summed E-state index contributed by atoms with van der Waals surface area (Å²) in [5.74, 6) is 2.77. The first-order valence-electron chi connectivity index (χ1n) is 8.94. The fourth-order valence-corrected chi connectivity index (χ4v) is 4.92. The minimum absolute atomic E-state index is 0.356. The largest absolute Gasteiger partial charge is 0.327 e. The maximum absolute atomic E-state index is 6.60. The Hall–Kier alpha value is -0.820. The van der Waals surface area contributed by atoms with Crippen molar-refractivity contribution < 1.29 is 0 Å². The smallest absolute Gasteiger partial charge is 0.0108 e. The highest BCUT2D eigenvalue weighted by molar-refractivity contribution is 5.29. The molecule has 1 aromatic rings. The SMILES string of the molecule is Cc1cc(C)cc(CC(N)C2CCC3CCCCC3C2)c1. The Morgan fingerprint density at radius 1 is 0.952 bits per heavy atom. The predicted molar refractivity (Wildman–Crippen MR) is 90.4 cm³/mol. The molecule has 116 valence electrons. The lowest BCUT2D eigenvalue weighted by molar-refractivity contribution is 0.117. The van der Waals surface area contributed by atoms with Gasteiger partial charge in [-0.3, -0.25) is 0 Å². The van der Waals surface area contributed by atoms with Crippen LogP contribution in [0.15, 0.2) is 18.2 Å². The summed E-state index contributed by atoms with van der Waals surface area (Å²) in [6.45, 7) is 4.38. The van der Waals surface area contributed by atoms with Crippen LogP contribution >= 0.6 is 0 Å². The van der Waals surface area contributed by atoms with Crippen molar-refractivity contribution >= 4 is 0 Å². The Kier molecular flexibility index (Phi) is 4.69. The summed E-state index contributed by atoms with van der Waals surface area (Å²) < 4.78 is 0. The molecule has 2 saturated carbocycles. The van der Waals surface area contributed by atoms with Crippen LogP contribution in [0.1, 0.15) is 61.6 Å². The van der Waals surface area contributed by atoms with Crippen molar-refractivity contribution in [2.24, 2.45) is 23.5 Å². The summed E-state index contributed by atoms with van der Waals surface area (Å²) in [6.07, 6.45) is 11.2. The van der Waals surface area contributed by atoms with Gasteiger partial charge in [-0.25, -0.2) is 0 Å². The maximum atomic E-state index is 6.60. The van der Waals surface area contributed by atoms with E-state index in [1.54, 1.807) is 0 Å². The molecule has 2 aliphatic carbocycles.